The molecule has 4 nitrogen and oxygen atoms in total. The molecule has 13 heavy (non-hydrogen) atoms. The summed E-state index contributed by atoms with van der Waals surface area (Å²) in [5.74, 6) is 0.750. The molecule has 0 atom stereocenters. The SMILES string of the molecule is COc1ccc(SNC(=O)O)cc1. The predicted octanol–water partition coefficient (Wildman–Crippen LogP) is 1.97. The van der Waals surface area contributed by atoms with E-state index in [1.165, 1.54) is 0 Å². The number of ether oxygens (including phenoxy) is 1. The van der Waals surface area contributed by atoms with Crippen molar-refractivity contribution in [3.63, 3.8) is 0 Å². The van der Waals surface area contributed by atoms with Gasteiger partial charge in [-0.05, 0) is 36.2 Å². The van der Waals surface area contributed by atoms with Gasteiger partial charge in [0.05, 0.1) is 7.11 Å². The summed E-state index contributed by atoms with van der Waals surface area (Å²) in [5, 5.41) is 8.32. The molecule has 0 fully saturated rings. The number of carbonyl (C=O) groups is 1. The Bertz CT molecular complexity index is 286. The monoisotopic (exact) mass is 199 g/mol. The van der Waals surface area contributed by atoms with E-state index in [0.717, 1.165) is 22.6 Å². The van der Waals surface area contributed by atoms with Crippen molar-refractivity contribution in [2.75, 3.05) is 7.11 Å². The topological polar surface area (TPSA) is 58.6 Å². The van der Waals surface area contributed by atoms with E-state index in [2.05, 4.69) is 4.72 Å². The summed E-state index contributed by atoms with van der Waals surface area (Å²) >= 11 is 1.04. The lowest BCUT2D eigenvalue weighted by Gasteiger charge is -2.01. The quantitative estimate of drug-likeness (QED) is 0.731. The maximum absolute atomic E-state index is 10.1. The minimum atomic E-state index is -1.05. The molecule has 2 N–H and O–H groups in total. The van der Waals surface area contributed by atoms with Crippen LogP contribution in [0.2, 0.25) is 0 Å². The number of hydrogen-bond acceptors (Lipinski definition) is 3. The van der Waals surface area contributed by atoms with Gasteiger partial charge >= 0.3 is 6.09 Å². The summed E-state index contributed by atoms with van der Waals surface area (Å²) in [7, 11) is 1.58. The van der Waals surface area contributed by atoms with Crippen molar-refractivity contribution in [3.8, 4) is 5.75 Å². The highest BCUT2D eigenvalue weighted by molar-refractivity contribution is 7.98. The predicted molar refractivity (Wildman–Crippen MR) is 50.0 cm³/mol. The Morgan fingerprint density at radius 1 is 1.46 bits per heavy atom. The van der Waals surface area contributed by atoms with Gasteiger partial charge in [-0.25, -0.2) is 4.79 Å². The van der Waals surface area contributed by atoms with Gasteiger partial charge in [0.15, 0.2) is 0 Å². The van der Waals surface area contributed by atoms with Crippen LogP contribution in [0.5, 0.6) is 5.75 Å². The molecule has 1 amide bonds. The number of amides is 1. The van der Waals surface area contributed by atoms with E-state index in [1.807, 2.05) is 0 Å². The van der Waals surface area contributed by atoms with Crippen LogP contribution in [0.15, 0.2) is 29.2 Å². The van der Waals surface area contributed by atoms with Gasteiger partial charge in [-0.3, -0.25) is 4.72 Å². The van der Waals surface area contributed by atoms with E-state index >= 15 is 0 Å². The van der Waals surface area contributed by atoms with Crippen LogP contribution in [-0.4, -0.2) is 18.3 Å². The van der Waals surface area contributed by atoms with Gasteiger partial charge in [0, 0.05) is 4.90 Å². The Balaban J connectivity index is 2.54. The first-order valence-corrected chi connectivity index (χ1v) is 4.34. The largest absolute Gasteiger partial charge is 0.497 e. The van der Waals surface area contributed by atoms with Crippen molar-refractivity contribution in [1.29, 1.82) is 0 Å². The number of hydrogen-bond donors (Lipinski definition) is 2. The minimum absolute atomic E-state index is 0.750. The molecule has 0 aliphatic rings. The summed E-state index contributed by atoms with van der Waals surface area (Å²) in [6.07, 6.45) is -1.05. The Labute approximate surface area is 80.0 Å². The van der Waals surface area contributed by atoms with Crippen molar-refractivity contribution in [3.05, 3.63) is 24.3 Å². The lowest BCUT2D eigenvalue weighted by atomic mass is 10.3. The average molecular weight is 199 g/mol. The second-order valence-corrected chi connectivity index (χ2v) is 3.06. The van der Waals surface area contributed by atoms with Crippen molar-refractivity contribution < 1.29 is 14.6 Å². The van der Waals surface area contributed by atoms with E-state index < -0.39 is 6.09 Å². The molecule has 0 aliphatic heterocycles. The molecule has 0 spiro atoms. The van der Waals surface area contributed by atoms with Crippen LogP contribution in [0.3, 0.4) is 0 Å². The first-order chi connectivity index (χ1) is 6.22. The fourth-order valence-electron chi connectivity index (χ4n) is 0.746. The average Bonchev–Trinajstić information content (AvgIpc) is 2.15. The second kappa shape index (κ2) is 4.61. The van der Waals surface area contributed by atoms with Crippen molar-refractivity contribution in [2.24, 2.45) is 0 Å². The summed E-state index contributed by atoms with van der Waals surface area (Å²) < 4.78 is 7.14. The third-order valence-electron chi connectivity index (χ3n) is 1.32. The smallest absolute Gasteiger partial charge is 0.415 e. The zero-order valence-electron chi connectivity index (χ0n) is 6.98. The Hall–Kier alpha value is -1.36. The molecule has 0 saturated carbocycles. The summed E-state index contributed by atoms with van der Waals surface area (Å²) in [6.45, 7) is 0. The van der Waals surface area contributed by atoms with E-state index in [-0.39, 0.29) is 0 Å². The van der Waals surface area contributed by atoms with E-state index in [1.54, 1.807) is 31.4 Å². The molecule has 0 aromatic heterocycles. The van der Waals surface area contributed by atoms with Crippen LogP contribution < -0.4 is 9.46 Å². The molecule has 0 radical (unpaired) electrons. The van der Waals surface area contributed by atoms with Crippen molar-refractivity contribution >= 4 is 18.0 Å². The number of rotatable bonds is 3. The summed E-state index contributed by atoms with van der Waals surface area (Å²) in [6, 6.07) is 7.09. The Kier molecular flexibility index (Phi) is 3.45. The Morgan fingerprint density at radius 3 is 2.54 bits per heavy atom. The van der Waals surface area contributed by atoms with Gasteiger partial charge in [-0.1, -0.05) is 0 Å². The van der Waals surface area contributed by atoms with Gasteiger partial charge in [0.25, 0.3) is 0 Å². The maximum Gasteiger partial charge on any atom is 0.415 e. The maximum atomic E-state index is 10.1. The lowest BCUT2D eigenvalue weighted by Crippen LogP contribution is -2.10. The zero-order valence-corrected chi connectivity index (χ0v) is 7.80. The normalized spacial score (nSPS) is 9.31. The van der Waals surface area contributed by atoms with Crippen LogP contribution in [0.25, 0.3) is 0 Å². The molecule has 0 saturated heterocycles. The number of carboxylic acid groups (broad SMARTS) is 1. The number of nitrogens with one attached hydrogen (secondary N) is 1. The fraction of sp³-hybridized carbons (Fsp3) is 0.125. The highest BCUT2D eigenvalue weighted by Gasteiger charge is 1.97. The highest BCUT2D eigenvalue weighted by Crippen LogP contribution is 2.18. The zero-order chi connectivity index (χ0) is 9.68. The third kappa shape index (κ3) is 3.25. The highest BCUT2D eigenvalue weighted by atomic mass is 32.2. The van der Waals surface area contributed by atoms with Crippen LogP contribution in [0.1, 0.15) is 0 Å². The minimum Gasteiger partial charge on any atom is -0.497 e. The van der Waals surface area contributed by atoms with Crippen LogP contribution in [0.4, 0.5) is 4.79 Å². The molecule has 70 valence electrons. The molecule has 0 unspecified atom stereocenters. The first-order valence-electron chi connectivity index (χ1n) is 3.52. The van der Waals surface area contributed by atoms with E-state index in [4.69, 9.17) is 9.84 Å². The third-order valence-corrected chi connectivity index (χ3v) is 2.10. The number of benzene rings is 1. The van der Waals surface area contributed by atoms with Crippen LogP contribution >= 0.6 is 11.9 Å². The van der Waals surface area contributed by atoms with Crippen LogP contribution in [0, 0.1) is 0 Å². The van der Waals surface area contributed by atoms with Gasteiger partial charge in [0.2, 0.25) is 0 Å². The first kappa shape index (κ1) is 9.73. The summed E-state index contributed by atoms with van der Waals surface area (Å²) in [4.78, 5) is 11.0. The van der Waals surface area contributed by atoms with Gasteiger partial charge < -0.3 is 9.84 Å². The van der Waals surface area contributed by atoms with E-state index in [0.29, 0.717) is 0 Å². The molecule has 0 heterocycles. The summed E-state index contributed by atoms with van der Waals surface area (Å²) in [5.41, 5.74) is 0. The van der Waals surface area contributed by atoms with Crippen molar-refractivity contribution in [1.82, 2.24) is 4.72 Å². The lowest BCUT2D eigenvalue weighted by molar-refractivity contribution is 0.202. The van der Waals surface area contributed by atoms with Crippen LogP contribution in [-0.2, 0) is 0 Å². The van der Waals surface area contributed by atoms with Gasteiger partial charge in [-0.15, -0.1) is 0 Å². The molecule has 1 rings (SSSR count). The van der Waals surface area contributed by atoms with Gasteiger partial charge in [0.1, 0.15) is 5.75 Å². The van der Waals surface area contributed by atoms with Gasteiger partial charge in [-0.2, -0.15) is 0 Å². The second-order valence-electron chi connectivity index (χ2n) is 2.18. The molecule has 1 aromatic rings. The molecule has 0 aliphatic carbocycles. The Morgan fingerprint density at radius 2 is 2.08 bits per heavy atom. The van der Waals surface area contributed by atoms with Crippen molar-refractivity contribution in [2.45, 2.75) is 4.90 Å². The fourth-order valence-corrected chi connectivity index (χ4v) is 1.22. The number of methoxy groups -OCH3 is 1. The van der Waals surface area contributed by atoms with E-state index in [9.17, 15) is 4.79 Å². The standard InChI is InChI=1S/C8H9NO3S/c1-12-6-2-4-7(5-3-6)13-9-8(10)11/h2-5,9H,1H3,(H,10,11). The molecule has 1 aromatic carbocycles. The molecular formula is C8H9NO3S. The molecular weight excluding hydrogens is 190 g/mol. The molecule has 5 heteroatoms. The molecule has 0 bridgehead atoms.